The van der Waals surface area contributed by atoms with Gasteiger partial charge in [-0.1, -0.05) is 25.0 Å². The fourth-order valence-corrected chi connectivity index (χ4v) is 3.58. The molecule has 2 aliphatic carbocycles. The molecule has 2 aliphatic rings. The van der Waals surface area contributed by atoms with Crippen LogP contribution in [0.5, 0.6) is 0 Å². The number of hydrogen-bond acceptors (Lipinski definition) is 4. The number of aromatic nitrogens is 3. The molecular formula is C19H24N4O2. The molecule has 6 nitrogen and oxygen atoms in total. The van der Waals surface area contributed by atoms with Crippen molar-refractivity contribution in [1.82, 2.24) is 20.5 Å². The average molecular weight is 340 g/mol. The SMILES string of the molecule is O=C(NC1CCCCC1CO)c1ccc(-c2n[nH]c(C3CC3)n2)cc1. The molecule has 0 saturated heterocycles. The van der Waals surface area contributed by atoms with Crippen LogP contribution in [0, 0.1) is 5.92 Å². The Morgan fingerprint density at radius 2 is 1.92 bits per heavy atom. The fraction of sp³-hybridized carbons (Fsp3) is 0.526. The Balaban J connectivity index is 1.42. The van der Waals surface area contributed by atoms with Gasteiger partial charge >= 0.3 is 0 Å². The molecule has 4 rings (SSSR count). The summed E-state index contributed by atoms with van der Waals surface area (Å²) in [6.45, 7) is 0.137. The van der Waals surface area contributed by atoms with E-state index in [0.717, 1.165) is 37.1 Å². The van der Waals surface area contributed by atoms with Crippen LogP contribution in [0.25, 0.3) is 11.4 Å². The number of hydrogen-bond donors (Lipinski definition) is 3. The summed E-state index contributed by atoms with van der Waals surface area (Å²) in [4.78, 5) is 17.0. The van der Waals surface area contributed by atoms with Crippen molar-refractivity contribution in [3.63, 3.8) is 0 Å². The van der Waals surface area contributed by atoms with Crippen LogP contribution in [0.4, 0.5) is 0 Å². The van der Waals surface area contributed by atoms with Crippen LogP contribution in [0.1, 0.15) is 60.6 Å². The normalized spacial score (nSPS) is 23.4. The summed E-state index contributed by atoms with van der Waals surface area (Å²) >= 11 is 0. The van der Waals surface area contributed by atoms with Crippen LogP contribution in [-0.4, -0.2) is 38.8 Å². The lowest BCUT2D eigenvalue weighted by Crippen LogP contribution is -2.43. The molecule has 2 atom stereocenters. The minimum atomic E-state index is -0.0782. The quantitative estimate of drug-likeness (QED) is 0.780. The van der Waals surface area contributed by atoms with E-state index in [1.807, 2.05) is 24.3 Å². The Hall–Kier alpha value is -2.21. The largest absolute Gasteiger partial charge is 0.396 e. The second-order valence-corrected chi connectivity index (χ2v) is 7.20. The lowest BCUT2D eigenvalue weighted by atomic mass is 9.85. The predicted molar refractivity (Wildman–Crippen MR) is 94.1 cm³/mol. The highest BCUT2D eigenvalue weighted by molar-refractivity contribution is 5.94. The van der Waals surface area contributed by atoms with Gasteiger partial charge in [0.05, 0.1) is 0 Å². The zero-order valence-corrected chi connectivity index (χ0v) is 14.2. The van der Waals surface area contributed by atoms with E-state index in [0.29, 0.717) is 17.3 Å². The van der Waals surface area contributed by atoms with E-state index in [4.69, 9.17) is 0 Å². The third kappa shape index (κ3) is 3.58. The van der Waals surface area contributed by atoms with E-state index in [1.54, 1.807) is 0 Å². The maximum Gasteiger partial charge on any atom is 0.251 e. The first kappa shape index (κ1) is 16.3. The number of aliphatic hydroxyl groups is 1. The Kier molecular flexibility index (Phi) is 4.53. The summed E-state index contributed by atoms with van der Waals surface area (Å²) in [7, 11) is 0. The molecule has 25 heavy (non-hydrogen) atoms. The van der Waals surface area contributed by atoms with Crippen LogP contribution < -0.4 is 5.32 Å². The second kappa shape index (κ2) is 6.96. The number of carbonyl (C=O) groups is 1. The summed E-state index contributed by atoms with van der Waals surface area (Å²) in [6.07, 6.45) is 6.53. The number of nitrogens with one attached hydrogen (secondary N) is 2. The summed E-state index contributed by atoms with van der Waals surface area (Å²) in [5.74, 6) is 2.28. The molecule has 6 heteroatoms. The first-order valence-corrected chi connectivity index (χ1v) is 9.19. The number of carbonyl (C=O) groups excluding carboxylic acids is 1. The Labute approximate surface area is 147 Å². The standard InChI is InChI=1S/C19H24N4O2/c24-11-15-3-1-2-4-16(15)20-19(25)14-9-7-13(8-10-14)18-21-17(22-23-18)12-5-6-12/h7-10,12,15-16,24H,1-6,11H2,(H,20,25)(H,21,22,23). The number of nitrogens with zero attached hydrogens (tertiary/aromatic N) is 2. The minimum absolute atomic E-state index is 0.0695. The van der Waals surface area contributed by atoms with Gasteiger partial charge in [-0.2, -0.15) is 5.10 Å². The predicted octanol–water partition coefficient (Wildman–Crippen LogP) is 2.63. The first-order chi connectivity index (χ1) is 12.2. The van der Waals surface area contributed by atoms with E-state index in [2.05, 4.69) is 20.5 Å². The van der Waals surface area contributed by atoms with Gasteiger partial charge in [0, 0.05) is 35.6 Å². The van der Waals surface area contributed by atoms with Gasteiger partial charge in [-0.25, -0.2) is 4.98 Å². The molecule has 1 amide bonds. The summed E-state index contributed by atoms with van der Waals surface area (Å²) in [5.41, 5.74) is 1.54. The van der Waals surface area contributed by atoms with Gasteiger partial charge in [0.15, 0.2) is 5.82 Å². The number of aliphatic hydroxyl groups excluding tert-OH is 1. The van der Waals surface area contributed by atoms with E-state index in [1.165, 1.54) is 12.8 Å². The zero-order valence-electron chi connectivity index (χ0n) is 14.2. The monoisotopic (exact) mass is 340 g/mol. The lowest BCUT2D eigenvalue weighted by Gasteiger charge is -2.30. The van der Waals surface area contributed by atoms with E-state index >= 15 is 0 Å². The number of rotatable bonds is 5. The topological polar surface area (TPSA) is 90.9 Å². The van der Waals surface area contributed by atoms with Crippen LogP contribution in [-0.2, 0) is 0 Å². The molecular weight excluding hydrogens is 316 g/mol. The van der Waals surface area contributed by atoms with Crippen molar-refractivity contribution in [2.24, 2.45) is 5.92 Å². The summed E-state index contributed by atoms with van der Waals surface area (Å²) in [6, 6.07) is 7.47. The van der Waals surface area contributed by atoms with Crippen LogP contribution >= 0.6 is 0 Å². The summed E-state index contributed by atoms with van der Waals surface area (Å²) in [5, 5.41) is 19.8. The number of aromatic amines is 1. The fourth-order valence-electron chi connectivity index (χ4n) is 3.58. The van der Waals surface area contributed by atoms with Crippen molar-refractivity contribution in [3.8, 4) is 11.4 Å². The minimum Gasteiger partial charge on any atom is -0.396 e. The first-order valence-electron chi connectivity index (χ1n) is 9.19. The molecule has 132 valence electrons. The van der Waals surface area contributed by atoms with Gasteiger partial charge in [0.2, 0.25) is 0 Å². The molecule has 2 saturated carbocycles. The van der Waals surface area contributed by atoms with Crippen molar-refractivity contribution >= 4 is 5.91 Å². The maximum absolute atomic E-state index is 12.5. The van der Waals surface area contributed by atoms with Crippen molar-refractivity contribution < 1.29 is 9.90 Å². The smallest absolute Gasteiger partial charge is 0.251 e. The molecule has 0 aliphatic heterocycles. The number of H-pyrrole nitrogens is 1. The van der Waals surface area contributed by atoms with Crippen molar-refractivity contribution in [3.05, 3.63) is 35.7 Å². The molecule has 2 fully saturated rings. The molecule has 1 aromatic carbocycles. The Morgan fingerprint density at radius 3 is 2.64 bits per heavy atom. The third-order valence-corrected chi connectivity index (χ3v) is 5.33. The molecule has 0 bridgehead atoms. The molecule has 3 N–H and O–H groups in total. The van der Waals surface area contributed by atoms with E-state index < -0.39 is 0 Å². The Morgan fingerprint density at radius 1 is 1.16 bits per heavy atom. The molecule has 0 radical (unpaired) electrons. The van der Waals surface area contributed by atoms with Crippen LogP contribution in [0.2, 0.25) is 0 Å². The van der Waals surface area contributed by atoms with Crippen molar-refractivity contribution in [1.29, 1.82) is 0 Å². The van der Waals surface area contributed by atoms with Gasteiger partial charge < -0.3 is 10.4 Å². The van der Waals surface area contributed by atoms with Crippen LogP contribution in [0.15, 0.2) is 24.3 Å². The van der Waals surface area contributed by atoms with Gasteiger partial charge in [-0.3, -0.25) is 9.89 Å². The average Bonchev–Trinajstić information content (AvgIpc) is 3.39. The van der Waals surface area contributed by atoms with Gasteiger partial charge in [-0.05, 0) is 37.8 Å². The molecule has 2 unspecified atom stereocenters. The highest BCUT2D eigenvalue weighted by Gasteiger charge is 2.28. The Bertz CT molecular complexity index is 736. The highest BCUT2D eigenvalue weighted by Crippen LogP contribution is 2.38. The molecule has 1 aromatic heterocycles. The number of benzene rings is 1. The van der Waals surface area contributed by atoms with Crippen LogP contribution in [0.3, 0.4) is 0 Å². The maximum atomic E-state index is 12.5. The van der Waals surface area contributed by atoms with Gasteiger partial charge in [0.1, 0.15) is 5.82 Å². The summed E-state index contributed by atoms with van der Waals surface area (Å²) < 4.78 is 0. The third-order valence-electron chi connectivity index (χ3n) is 5.33. The second-order valence-electron chi connectivity index (χ2n) is 7.20. The molecule has 0 spiro atoms. The highest BCUT2D eigenvalue weighted by atomic mass is 16.3. The van der Waals surface area contributed by atoms with Gasteiger partial charge in [-0.15, -0.1) is 0 Å². The van der Waals surface area contributed by atoms with Crippen molar-refractivity contribution in [2.45, 2.75) is 50.5 Å². The molecule has 1 heterocycles. The lowest BCUT2D eigenvalue weighted by molar-refractivity contribution is 0.0872. The zero-order chi connectivity index (χ0) is 17.2. The van der Waals surface area contributed by atoms with E-state index in [-0.39, 0.29) is 24.5 Å². The number of amides is 1. The van der Waals surface area contributed by atoms with E-state index in [9.17, 15) is 9.90 Å². The van der Waals surface area contributed by atoms with Gasteiger partial charge in [0.25, 0.3) is 5.91 Å². The van der Waals surface area contributed by atoms with Crippen molar-refractivity contribution in [2.75, 3.05) is 6.61 Å². The molecule has 2 aromatic rings.